The third kappa shape index (κ3) is 4.48. The van der Waals surface area contributed by atoms with Gasteiger partial charge in [0.2, 0.25) is 0 Å². The molecule has 1 saturated carbocycles. The first kappa shape index (κ1) is 20.0. The summed E-state index contributed by atoms with van der Waals surface area (Å²) in [5, 5.41) is 22.8. The molecule has 3 rings (SSSR count). The van der Waals surface area contributed by atoms with Crippen molar-refractivity contribution in [2.45, 2.75) is 25.3 Å². The van der Waals surface area contributed by atoms with Gasteiger partial charge in [-0.3, -0.25) is 4.90 Å². The second-order valence-electron chi connectivity index (χ2n) is 5.95. The molecule has 23 heavy (non-hydrogen) atoms. The van der Waals surface area contributed by atoms with Gasteiger partial charge in [-0.05, 0) is 24.5 Å². The lowest BCUT2D eigenvalue weighted by atomic mass is 9.93. The molecule has 2 fully saturated rings. The van der Waals surface area contributed by atoms with E-state index in [2.05, 4.69) is 16.3 Å². The standard InChI is InChI=1S/C16H20FN3O.2ClH/c17-13-4-3-12(10-18)15(16(13)21)14(9-11-1-2-11)20-7-5-19-6-8-20;;/h3-4,11,14,19,21H,1-2,5-9H2;2*1H/t14-;;/m1../s1. The molecule has 4 nitrogen and oxygen atoms in total. The van der Waals surface area contributed by atoms with Gasteiger partial charge in [0.25, 0.3) is 0 Å². The number of benzene rings is 1. The number of rotatable bonds is 4. The summed E-state index contributed by atoms with van der Waals surface area (Å²) < 4.78 is 13.8. The van der Waals surface area contributed by atoms with Crippen molar-refractivity contribution < 1.29 is 9.50 Å². The van der Waals surface area contributed by atoms with Gasteiger partial charge < -0.3 is 10.4 Å². The SMILES string of the molecule is Cl.Cl.N#Cc1ccc(F)c(O)c1[C@@H](CC1CC1)N1CCNCC1. The zero-order chi connectivity index (χ0) is 14.8. The molecule has 1 atom stereocenters. The van der Waals surface area contributed by atoms with Crippen LogP contribution >= 0.6 is 24.8 Å². The predicted molar refractivity (Wildman–Crippen MR) is 91.8 cm³/mol. The maximum atomic E-state index is 13.8. The Morgan fingerprint density at radius 3 is 2.52 bits per heavy atom. The summed E-state index contributed by atoms with van der Waals surface area (Å²) in [5.41, 5.74) is 0.865. The Morgan fingerprint density at radius 1 is 1.30 bits per heavy atom. The number of nitrogens with one attached hydrogen (secondary N) is 1. The Bertz CT molecular complexity index is 569. The molecular weight excluding hydrogens is 340 g/mol. The summed E-state index contributed by atoms with van der Waals surface area (Å²) in [5.74, 6) is -0.350. The number of hydrogen-bond donors (Lipinski definition) is 2. The lowest BCUT2D eigenvalue weighted by molar-refractivity contribution is 0.157. The predicted octanol–water partition coefficient (Wildman–Crippen LogP) is 2.99. The minimum absolute atomic E-state index is 0. The van der Waals surface area contributed by atoms with E-state index in [-0.39, 0.29) is 36.6 Å². The van der Waals surface area contributed by atoms with Crippen LogP contribution in [0.25, 0.3) is 0 Å². The van der Waals surface area contributed by atoms with E-state index in [4.69, 9.17) is 0 Å². The van der Waals surface area contributed by atoms with E-state index in [1.54, 1.807) is 0 Å². The highest BCUT2D eigenvalue weighted by Gasteiger charge is 2.33. The molecular formula is C16H22Cl2FN3O. The van der Waals surface area contributed by atoms with Crippen molar-refractivity contribution >= 4 is 24.8 Å². The fourth-order valence-electron chi connectivity index (χ4n) is 3.13. The quantitative estimate of drug-likeness (QED) is 0.865. The lowest BCUT2D eigenvalue weighted by Crippen LogP contribution is -2.45. The Labute approximate surface area is 148 Å². The minimum Gasteiger partial charge on any atom is -0.505 e. The van der Waals surface area contributed by atoms with Crippen LogP contribution in [0.15, 0.2) is 12.1 Å². The molecule has 2 aliphatic rings. The zero-order valence-electron chi connectivity index (χ0n) is 12.8. The molecule has 2 N–H and O–H groups in total. The summed E-state index contributed by atoms with van der Waals surface area (Å²) in [6.07, 6.45) is 3.28. The van der Waals surface area contributed by atoms with Crippen molar-refractivity contribution in [2.75, 3.05) is 26.2 Å². The van der Waals surface area contributed by atoms with Crippen molar-refractivity contribution in [2.24, 2.45) is 5.92 Å². The van der Waals surface area contributed by atoms with E-state index in [0.29, 0.717) is 17.0 Å². The first-order valence-corrected chi connectivity index (χ1v) is 7.57. The summed E-state index contributed by atoms with van der Waals surface area (Å²) in [6, 6.07) is 4.69. The third-order valence-electron chi connectivity index (χ3n) is 4.47. The Hall–Kier alpha value is -1.06. The van der Waals surface area contributed by atoms with E-state index >= 15 is 0 Å². The summed E-state index contributed by atoms with van der Waals surface area (Å²) >= 11 is 0. The molecule has 0 aromatic heterocycles. The van der Waals surface area contributed by atoms with Crippen LogP contribution in [0.2, 0.25) is 0 Å². The molecule has 1 saturated heterocycles. The number of phenols is 1. The van der Waals surface area contributed by atoms with Crippen molar-refractivity contribution in [3.05, 3.63) is 29.1 Å². The number of aromatic hydroxyl groups is 1. The highest BCUT2D eigenvalue weighted by Crippen LogP contribution is 2.43. The van der Waals surface area contributed by atoms with Gasteiger partial charge in [0.05, 0.1) is 11.6 Å². The largest absolute Gasteiger partial charge is 0.505 e. The summed E-state index contributed by atoms with van der Waals surface area (Å²) in [7, 11) is 0. The van der Waals surface area contributed by atoms with Gasteiger partial charge in [-0.15, -0.1) is 24.8 Å². The average Bonchev–Trinajstić information content (AvgIpc) is 3.33. The van der Waals surface area contributed by atoms with Gasteiger partial charge in [0.1, 0.15) is 0 Å². The third-order valence-corrected chi connectivity index (χ3v) is 4.47. The molecule has 0 spiro atoms. The van der Waals surface area contributed by atoms with Crippen LogP contribution in [0, 0.1) is 23.1 Å². The van der Waals surface area contributed by atoms with Crippen molar-refractivity contribution in [3.8, 4) is 11.8 Å². The first-order chi connectivity index (χ1) is 10.2. The van der Waals surface area contributed by atoms with Crippen LogP contribution in [-0.4, -0.2) is 36.2 Å². The van der Waals surface area contributed by atoms with Gasteiger partial charge in [-0.2, -0.15) is 5.26 Å². The van der Waals surface area contributed by atoms with E-state index in [0.717, 1.165) is 32.6 Å². The van der Waals surface area contributed by atoms with E-state index in [9.17, 15) is 14.8 Å². The van der Waals surface area contributed by atoms with E-state index in [1.807, 2.05) is 0 Å². The van der Waals surface area contributed by atoms with E-state index < -0.39 is 5.82 Å². The lowest BCUT2D eigenvalue weighted by Gasteiger charge is -2.36. The van der Waals surface area contributed by atoms with Crippen molar-refractivity contribution in [3.63, 3.8) is 0 Å². The molecule has 0 bridgehead atoms. The van der Waals surface area contributed by atoms with Crippen LogP contribution in [0.5, 0.6) is 5.75 Å². The molecule has 0 unspecified atom stereocenters. The Balaban J connectivity index is 0.00000132. The molecule has 1 heterocycles. The van der Waals surface area contributed by atoms with Gasteiger partial charge in [0.15, 0.2) is 11.6 Å². The van der Waals surface area contributed by atoms with Gasteiger partial charge in [-0.1, -0.05) is 12.8 Å². The van der Waals surface area contributed by atoms with Crippen LogP contribution in [0.3, 0.4) is 0 Å². The maximum absolute atomic E-state index is 13.8. The normalized spacial score (nSPS) is 19.1. The minimum atomic E-state index is -0.639. The number of nitrogens with zero attached hydrogens (tertiary/aromatic N) is 2. The first-order valence-electron chi connectivity index (χ1n) is 7.57. The van der Waals surface area contributed by atoms with Crippen molar-refractivity contribution in [1.29, 1.82) is 5.26 Å². The second-order valence-corrected chi connectivity index (χ2v) is 5.95. The summed E-state index contributed by atoms with van der Waals surface area (Å²) in [6.45, 7) is 3.49. The van der Waals surface area contributed by atoms with Gasteiger partial charge >= 0.3 is 0 Å². The van der Waals surface area contributed by atoms with Crippen LogP contribution < -0.4 is 5.32 Å². The maximum Gasteiger partial charge on any atom is 0.165 e. The molecule has 1 aromatic carbocycles. The smallest absolute Gasteiger partial charge is 0.165 e. The molecule has 1 aromatic rings. The topological polar surface area (TPSA) is 59.3 Å². The number of piperazine rings is 1. The second kappa shape index (κ2) is 8.70. The highest BCUT2D eigenvalue weighted by molar-refractivity contribution is 5.85. The van der Waals surface area contributed by atoms with E-state index in [1.165, 1.54) is 25.0 Å². The molecule has 7 heteroatoms. The molecule has 128 valence electrons. The Kier molecular flexibility index (Phi) is 7.56. The average molecular weight is 362 g/mol. The van der Waals surface area contributed by atoms with Crippen LogP contribution in [-0.2, 0) is 0 Å². The number of phenolic OH excluding ortho intramolecular Hbond substituents is 1. The molecule has 0 radical (unpaired) electrons. The summed E-state index contributed by atoms with van der Waals surface area (Å²) in [4.78, 5) is 2.27. The van der Waals surface area contributed by atoms with Gasteiger partial charge in [-0.25, -0.2) is 4.39 Å². The number of halogens is 3. The molecule has 1 aliphatic heterocycles. The van der Waals surface area contributed by atoms with Crippen molar-refractivity contribution in [1.82, 2.24) is 10.2 Å². The fourth-order valence-corrected chi connectivity index (χ4v) is 3.13. The molecule has 0 amide bonds. The Morgan fingerprint density at radius 2 is 1.96 bits per heavy atom. The fraction of sp³-hybridized carbons (Fsp3) is 0.562. The highest BCUT2D eigenvalue weighted by atomic mass is 35.5. The van der Waals surface area contributed by atoms with Gasteiger partial charge in [0, 0.05) is 37.8 Å². The monoisotopic (exact) mass is 361 g/mol. The zero-order valence-corrected chi connectivity index (χ0v) is 14.4. The van der Waals surface area contributed by atoms with Crippen LogP contribution in [0.1, 0.15) is 36.4 Å². The molecule has 1 aliphatic carbocycles. The number of hydrogen-bond acceptors (Lipinski definition) is 4. The van der Waals surface area contributed by atoms with Crippen LogP contribution in [0.4, 0.5) is 4.39 Å². The number of nitriles is 1.